The number of rotatable bonds is 2. The number of hydrogen-bond donors (Lipinski definition) is 1. The minimum absolute atomic E-state index is 0. The lowest BCUT2D eigenvalue weighted by atomic mass is 10.1. The summed E-state index contributed by atoms with van der Waals surface area (Å²) in [6, 6.07) is 1.70. The van der Waals surface area contributed by atoms with Crippen molar-refractivity contribution in [3.05, 3.63) is 24.0 Å². The summed E-state index contributed by atoms with van der Waals surface area (Å²) in [5.74, 6) is 0. The minimum Gasteiger partial charge on any atom is -0.353 e. The second-order valence-corrected chi connectivity index (χ2v) is 4.27. The van der Waals surface area contributed by atoms with Crippen LogP contribution in [-0.4, -0.2) is 41.8 Å². The van der Waals surface area contributed by atoms with Crippen LogP contribution in [0, 0.1) is 0 Å². The van der Waals surface area contributed by atoms with E-state index in [9.17, 15) is 13.2 Å². The fourth-order valence-corrected chi connectivity index (χ4v) is 2.26. The molecule has 0 radical (unpaired) electrons. The van der Waals surface area contributed by atoms with Gasteiger partial charge in [0, 0.05) is 45.1 Å². The molecule has 2 heterocycles. The van der Waals surface area contributed by atoms with Crippen LogP contribution in [0.3, 0.4) is 0 Å². The highest BCUT2D eigenvalue weighted by Gasteiger charge is 2.45. The predicted octanol–water partition coefficient (Wildman–Crippen LogP) is 2.38. The molecule has 2 rings (SSSR count). The smallest absolute Gasteiger partial charge is 0.353 e. The number of aromatic nitrogens is 1. The molecule has 3 nitrogen and oxygen atoms in total. The summed E-state index contributed by atoms with van der Waals surface area (Å²) >= 11 is 0. The number of alkyl halides is 3. The van der Waals surface area contributed by atoms with Gasteiger partial charge in [0.05, 0.1) is 0 Å². The Labute approximate surface area is 123 Å². The maximum Gasteiger partial charge on any atom is 0.409 e. The zero-order chi connectivity index (χ0) is 12.5. The Morgan fingerprint density at radius 1 is 1.21 bits per heavy atom. The number of piperazine rings is 1. The van der Waals surface area contributed by atoms with Crippen LogP contribution >= 0.6 is 24.8 Å². The van der Waals surface area contributed by atoms with E-state index in [1.54, 1.807) is 29.9 Å². The Bertz CT molecular complexity index is 376. The molecular weight excluding hydrogens is 302 g/mol. The van der Waals surface area contributed by atoms with Crippen molar-refractivity contribution in [2.24, 2.45) is 7.05 Å². The second kappa shape index (κ2) is 7.38. The maximum atomic E-state index is 13.2. The third-order valence-electron chi connectivity index (χ3n) is 3.09. The zero-order valence-electron chi connectivity index (χ0n) is 10.5. The molecule has 1 aliphatic rings. The molecule has 19 heavy (non-hydrogen) atoms. The Kier molecular flexibility index (Phi) is 7.21. The lowest BCUT2D eigenvalue weighted by Crippen LogP contribution is -2.49. The third-order valence-corrected chi connectivity index (χ3v) is 3.09. The molecule has 0 amide bonds. The fraction of sp³-hybridized carbons (Fsp3) is 0.636. The van der Waals surface area contributed by atoms with E-state index in [-0.39, 0.29) is 24.8 Å². The lowest BCUT2D eigenvalue weighted by Gasteiger charge is -2.36. The summed E-state index contributed by atoms with van der Waals surface area (Å²) in [5, 5.41) is 3.07. The van der Waals surface area contributed by atoms with Crippen molar-refractivity contribution in [3.63, 3.8) is 0 Å². The normalized spacial score (nSPS) is 18.3. The molecule has 1 aromatic heterocycles. The van der Waals surface area contributed by atoms with E-state index in [0.717, 1.165) is 0 Å². The third kappa shape index (κ3) is 4.27. The Hall–Kier alpha value is -0.430. The second-order valence-electron chi connectivity index (χ2n) is 4.27. The molecule has 0 bridgehead atoms. The number of nitrogens with zero attached hydrogens (tertiary/aromatic N) is 2. The van der Waals surface area contributed by atoms with Gasteiger partial charge in [-0.2, -0.15) is 13.2 Å². The van der Waals surface area contributed by atoms with Gasteiger partial charge in [-0.05, 0) is 12.1 Å². The summed E-state index contributed by atoms with van der Waals surface area (Å²) < 4.78 is 41.1. The number of nitrogens with one attached hydrogen (secondary N) is 1. The molecule has 1 aromatic rings. The Morgan fingerprint density at radius 3 is 2.21 bits per heavy atom. The van der Waals surface area contributed by atoms with Crippen LogP contribution in [0.5, 0.6) is 0 Å². The SMILES string of the molecule is Cl.Cl.Cn1cccc1[C@@H](N1CCNCC1)C(F)(F)F. The molecule has 1 fully saturated rings. The fourth-order valence-electron chi connectivity index (χ4n) is 2.26. The van der Waals surface area contributed by atoms with E-state index in [4.69, 9.17) is 0 Å². The molecule has 1 atom stereocenters. The van der Waals surface area contributed by atoms with Gasteiger partial charge in [0.15, 0.2) is 0 Å². The summed E-state index contributed by atoms with van der Waals surface area (Å²) in [6.45, 7) is 2.07. The Morgan fingerprint density at radius 2 is 1.79 bits per heavy atom. The number of hydrogen-bond acceptors (Lipinski definition) is 2. The molecule has 112 valence electrons. The van der Waals surface area contributed by atoms with Crippen molar-refractivity contribution in [2.45, 2.75) is 12.2 Å². The maximum absolute atomic E-state index is 13.2. The number of halogens is 5. The van der Waals surface area contributed by atoms with Gasteiger partial charge in [0.1, 0.15) is 6.04 Å². The van der Waals surface area contributed by atoms with Crippen molar-refractivity contribution in [3.8, 4) is 0 Å². The van der Waals surface area contributed by atoms with Crippen molar-refractivity contribution < 1.29 is 13.2 Å². The zero-order valence-corrected chi connectivity index (χ0v) is 12.1. The first-order chi connectivity index (χ1) is 8.00. The highest BCUT2D eigenvalue weighted by Crippen LogP contribution is 2.37. The Balaban J connectivity index is 0.00000162. The molecular formula is C11H18Cl2F3N3. The first-order valence-corrected chi connectivity index (χ1v) is 5.63. The van der Waals surface area contributed by atoms with Gasteiger partial charge in [-0.15, -0.1) is 24.8 Å². The van der Waals surface area contributed by atoms with E-state index >= 15 is 0 Å². The van der Waals surface area contributed by atoms with Gasteiger partial charge in [-0.25, -0.2) is 0 Å². The summed E-state index contributed by atoms with van der Waals surface area (Å²) in [5.41, 5.74) is 0.305. The van der Waals surface area contributed by atoms with E-state index in [0.29, 0.717) is 31.9 Å². The minimum atomic E-state index is -4.23. The first kappa shape index (κ1) is 18.6. The largest absolute Gasteiger partial charge is 0.409 e. The number of aryl methyl sites for hydroxylation is 1. The summed E-state index contributed by atoms with van der Waals surface area (Å²) in [4.78, 5) is 1.49. The van der Waals surface area contributed by atoms with Crippen molar-refractivity contribution in [1.29, 1.82) is 0 Å². The van der Waals surface area contributed by atoms with Gasteiger partial charge in [0.25, 0.3) is 0 Å². The quantitative estimate of drug-likeness (QED) is 0.903. The molecule has 0 saturated carbocycles. The molecule has 1 aliphatic heterocycles. The monoisotopic (exact) mass is 319 g/mol. The molecule has 1 saturated heterocycles. The van der Waals surface area contributed by atoms with E-state index in [1.807, 2.05) is 0 Å². The van der Waals surface area contributed by atoms with E-state index < -0.39 is 12.2 Å². The average Bonchev–Trinajstić information content (AvgIpc) is 2.65. The molecule has 0 aromatic carbocycles. The molecule has 0 aliphatic carbocycles. The van der Waals surface area contributed by atoms with Gasteiger partial charge in [-0.1, -0.05) is 0 Å². The van der Waals surface area contributed by atoms with Crippen LogP contribution in [0.1, 0.15) is 11.7 Å². The molecule has 8 heteroatoms. The highest BCUT2D eigenvalue weighted by molar-refractivity contribution is 5.85. The lowest BCUT2D eigenvalue weighted by molar-refractivity contribution is -0.189. The van der Waals surface area contributed by atoms with E-state index in [2.05, 4.69) is 5.32 Å². The van der Waals surface area contributed by atoms with Crippen LogP contribution in [0.2, 0.25) is 0 Å². The summed E-state index contributed by atoms with van der Waals surface area (Å²) in [7, 11) is 1.65. The predicted molar refractivity (Wildman–Crippen MR) is 73.1 cm³/mol. The van der Waals surface area contributed by atoms with Gasteiger partial charge >= 0.3 is 6.18 Å². The van der Waals surface area contributed by atoms with Gasteiger partial charge < -0.3 is 9.88 Å². The van der Waals surface area contributed by atoms with Crippen LogP contribution in [0.25, 0.3) is 0 Å². The van der Waals surface area contributed by atoms with Crippen molar-refractivity contribution in [2.75, 3.05) is 26.2 Å². The first-order valence-electron chi connectivity index (χ1n) is 5.63. The molecule has 1 N–H and O–H groups in total. The van der Waals surface area contributed by atoms with E-state index in [1.165, 1.54) is 4.90 Å². The van der Waals surface area contributed by atoms with Gasteiger partial charge in [-0.3, -0.25) is 4.90 Å². The van der Waals surface area contributed by atoms with Crippen LogP contribution in [0.4, 0.5) is 13.2 Å². The van der Waals surface area contributed by atoms with Crippen LogP contribution in [0.15, 0.2) is 18.3 Å². The van der Waals surface area contributed by atoms with Crippen molar-refractivity contribution in [1.82, 2.24) is 14.8 Å². The highest BCUT2D eigenvalue weighted by atomic mass is 35.5. The van der Waals surface area contributed by atoms with Crippen LogP contribution in [-0.2, 0) is 7.05 Å². The topological polar surface area (TPSA) is 20.2 Å². The van der Waals surface area contributed by atoms with Crippen molar-refractivity contribution >= 4 is 24.8 Å². The van der Waals surface area contributed by atoms with Gasteiger partial charge in [0.2, 0.25) is 0 Å². The molecule has 0 spiro atoms. The average molecular weight is 320 g/mol. The summed E-state index contributed by atoms with van der Waals surface area (Å²) in [6.07, 6.45) is -2.58. The van der Waals surface area contributed by atoms with Crippen LogP contribution < -0.4 is 5.32 Å². The standard InChI is InChI=1S/C11H16F3N3.2ClH/c1-16-6-2-3-9(16)10(11(12,13)14)17-7-4-15-5-8-17;;/h2-3,6,10,15H,4-5,7-8H2,1H3;2*1H/t10-;;/m1../s1. The molecule has 0 unspecified atom stereocenters.